The van der Waals surface area contributed by atoms with Gasteiger partial charge in [-0.1, -0.05) is 370 Å². The van der Waals surface area contributed by atoms with Gasteiger partial charge in [0.1, 0.15) is 0 Å². The van der Waals surface area contributed by atoms with Crippen LogP contribution in [0.15, 0.2) is 570 Å². The van der Waals surface area contributed by atoms with Gasteiger partial charge in [-0.3, -0.25) is 0 Å². The summed E-state index contributed by atoms with van der Waals surface area (Å²) in [5, 5.41) is 22.9. The number of hydrogen-bond acceptors (Lipinski definition) is 3. The fourth-order valence-corrected chi connectivity index (χ4v) is 21.7. The number of para-hydroxylation sites is 5. The molecule has 0 unspecified atom stereocenters. The lowest BCUT2D eigenvalue weighted by molar-refractivity contribution is 1.17. The third-order valence-electron chi connectivity index (χ3n) is 28.7. The Kier molecular flexibility index (Phi) is 21.9. The summed E-state index contributed by atoms with van der Waals surface area (Å²) < 4.78 is 7.19. The molecule has 25 aromatic carbocycles. The first kappa shape index (κ1) is 85.3. The minimum atomic E-state index is 1.10. The molecule has 0 aliphatic heterocycles. The van der Waals surface area contributed by atoms with E-state index < -0.39 is 0 Å². The van der Waals surface area contributed by atoms with E-state index in [1.807, 2.05) is 0 Å². The second kappa shape index (κ2) is 37.0. The van der Waals surface area contributed by atoms with Crippen LogP contribution in [0, 0.1) is 0 Å². The quantitative estimate of drug-likeness (QED) is 0.0964. The Labute approximate surface area is 835 Å². The number of nitrogens with zero attached hydrogens (tertiary/aromatic N) is 6. The maximum absolute atomic E-state index is 2.43. The molecule has 676 valence electrons. The SMILES string of the molecule is c1ccc(-c2ccc(N(c3ccc(-c4ccc5ccccc5c4)cc3)c3ccc(-n4c5ccccc5c5ccccc54)cc3)cc2)cc1.c1ccc(N(c2ccc(-c3ccc4ccccc4c3)cc2)c2ccc(-n3c4ccc5ccccc5c4c4c5ccccc5ccc43)cc2)cc1.c1ccc(N(c2ccc(-c3ccc4ccccc4c3)cc2)c2ccc(-n3c4ccccc4c4c5ccccc5ccc43)cc2)cc1. The largest absolute Gasteiger partial charge is 0.311 e. The molecule has 0 aliphatic carbocycles. The molecule has 0 saturated carbocycles. The van der Waals surface area contributed by atoms with Crippen LogP contribution >= 0.6 is 0 Å². The number of aromatic nitrogens is 3. The van der Waals surface area contributed by atoms with E-state index in [1.165, 1.54) is 175 Å². The van der Waals surface area contributed by atoms with Gasteiger partial charge in [0.2, 0.25) is 0 Å². The number of benzene rings is 25. The van der Waals surface area contributed by atoms with E-state index >= 15 is 0 Å². The molecule has 6 heteroatoms. The van der Waals surface area contributed by atoms with Crippen LogP contribution in [-0.2, 0) is 0 Å². The van der Waals surface area contributed by atoms with Crippen molar-refractivity contribution in [2.75, 3.05) is 14.7 Å². The van der Waals surface area contributed by atoms with Gasteiger partial charge >= 0.3 is 0 Å². The lowest BCUT2D eigenvalue weighted by atomic mass is 10.00. The summed E-state index contributed by atoms with van der Waals surface area (Å²) >= 11 is 0. The molecule has 28 rings (SSSR count). The van der Waals surface area contributed by atoms with Crippen molar-refractivity contribution in [1.29, 1.82) is 0 Å². The van der Waals surface area contributed by atoms with E-state index in [4.69, 9.17) is 0 Å². The molecule has 0 aliphatic rings. The zero-order valence-corrected chi connectivity index (χ0v) is 79.0. The lowest BCUT2D eigenvalue weighted by Crippen LogP contribution is -2.10. The van der Waals surface area contributed by atoms with Gasteiger partial charge in [0.05, 0.1) is 33.1 Å². The van der Waals surface area contributed by atoms with Crippen LogP contribution in [0.3, 0.4) is 0 Å². The van der Waals surface area contributed by atoms with Crippen molar-refractivity contribution in [3.05, 3.63) is 570 Å². The average Bonchev–Trinajstić information content (AvgIpc) is 1.56. The molecular weight excluding hydrogens is 1740 g/mol. The highest BCUT2D eigenvalue weighted by atomic mass is 15.2. The Bertz CT molecular complexity index is 9510. The van der Waals surface area contributed by atoms with Crippen LogP contribution in [0.1, 0.15) is 0 Å². The van der Waals surface area contributed by atoms with Crippen molar-refractivity contribution < 1.29 is 0 Å². The van der Waals surface area contributed by atoms with Crippen LogP contribution in [0.2, 0.25) is 0 Å². The minimum Gasteiger partial charge on any atom is -0.311 e. The molecular formula is C138H94N6. The first-order valence-electron chi connectivity index (χ1n) is 49.4. The molecule has 0 radical (unpaired) electrons. The lowest BCUT2D eigenvalue weighted by Gasteiger charge is -2.26. The molecule has 0 bridgehead atoms. The second-order valence-electron chi connectivity index (χ2n) is 37.1. The second-order valence-corrected chi connectivity index (χ2v) is 37.1. The van der Waals surface area contributed by atoms with Crippen LogP contribution in [-0.4, -0.2) is 13.7 Å². The number of fused-ring (bicyclic) bond motifs is 18. The van der Waals surface area contributed by atoms with Gasteiger partial charge in [0, 0.05) is 101 Å². The summed E-state index contributed by atoms with van der Waals surface area (Å²) in [6.07, 6.45) is 0. The zero-order valence-electron chi connectivity index (χ0n) is 79.0. The molecule has 144 heavy (non-hydrogen) atoms. The molecule has 0 saturated heterocycles. The predicted octanol–water partition coefficient (Wildman–Crippen LogP) is 38.3. The Hall–Kier alpha value is -19.1. The first-order chi connectivity index (χ1) is 71.4. The Balaban J connectivity index is 0.000000110. The van der Waals surface area contributed by atoms with Gasteiger partial charge in [0.25, 0.3) is 0 Å². The fraction of sp³-hybridized carbons (Fsp3) is 0. The van der Waals surface area contributed by atoms with Gasteiger partial charge in [-0.15, -0.1) is 0 Å². The van der Waals surface area contributed by atoms with Crippen LogP contribution < -0.4 is 14.7 Å². The van der Waals surface area contributed by atoms with Crippen molar-refractivity contribution in [2.24, 2.45) is 0 Å². The average molecular weight is 1840 g/mol. The summed E-state index contributed by atoms with van der Waals surface area (Å²) in [5.41, 5.74) is 30.4. The molecule has 0 fully saturated rings. The number of hydrogen-bond donors (Lipinski definition) is 0. The van der Waals surface area contributed by atoms with E-state index in [0.29, 0.717) is 0 Å². The molecule has 0 amide bonds. The maximum atomic E-state index is 2.43. The Morgan fingerprint density at radius 2 is 0.312 bits per heavy atom. The highest BCUT2D eigenvalue weighted by Crippen LogP contribution is 2.47. The van der Waals surface area contributed by atoms with Crippen molar-refractivity contribution in [3.8, 4) is 61.6 Å². The highest BCUT2D eigenvalue weighted by Gasteiger charge is 2.24. The van der Waals surface area contributed by atoms with E-state index in [2.05, 4.69) is 599 Å². The monoisotopic (exact) mass is 1830 g/mol. The summed E-state index contributed by atoms with van der Waals surface area (Å²) in [6.45, 7) is 0. The highest BCUT2D eigenvalue weighted by molar-refractivity contribution is 6.29. The summed E-state index contributed by atoms with van der Waals surface area (Å²) in [4.78, 5) is 7.00. The van der Waals surface area contributed by atoms with Crippen molar-refractivity contribution in [3.63, 3.8) is 0 Å². The zero-order chi connectivity index (χ0) is 95.3. The molecule has 3 aromatic heterocycles. The van der Waals surface area contributed by atoms with Gasteiger partial charge in [-0.05, 0) is 309 Å². The first-order valence-corrected chi connectivity index (χ1v) is 49.4. The summed E-state index contributed by atoms with van der Waals surface area (Å²) in [7, 11) is 0. The molecule has 3 heterocycles. The van der Waals surface area contributed by atoms with Gasteiger partial charge in [-0.25, -0.2) is 0 Å². The Morgan fingerprint density at radius 3 is 0.646 bits per heavy atom. The molecule has 0 spiro atoms. The van der Waals surface area contributed by atoms with Crippen LogP contribution in [0.4, 0.5) is 51.2 Å². The van der Waals surface area contributed by atoms with Crippen molar-refractivity contribution >= 4 is 181 Å². The molecule has 6 nitrogen and oxygen atoms in total. The number of anilines is 9. The third kappa shape index (κ3) is 15.8. The molecule has 0 atom stereocenters. The predicted molar refractivity (Wildman–Crippen MR) is 613 cm³/mol. The van der Waals surface area contributed by atoms with Crippen LogP contribution in [0.5, 0.6) is 0 Å². The number of rotatable bonds is 16. The summed E-state index contributed by atoms with van der Waals surface area (Å²) in [6, 6.07) is 206. The molecule has 28 aromatic rings. The minimum absolute atomic E-state index is 1.10. The van der Waals surface area contributed by atoms with Gasteiger partial charge in [-0.2, -0.15) is 0 Å². The van der Waals surface area contributed by atoms with Gasteiger partial charge < -0.3 is 28.4 Å². The van der Waals surface area contributed by atoms with E-state index in [1.54, 1.807) is 0 Å². The Morgan fingerprint density at radius 1 is 0.111 bits per heavy atom. The third-order valence-corrected chi connectivity index (χ3v) is 28.7. The maximum Gasteiger partial charge on any atom is 0.0547 e. The summed E-state index contributed by atoms with van der Waals surface area (Å²) in [5.74, 6) is 0. The smallest absolute Gasteiger partial charge is 0.0547 e. The van der Waals surface area contributed by atoms with Crippen molar-refractivity contribution in [2.45, 2.75) is 0 Å². The normalized spacial score (nSPS) is 11.5. The van der Waals surface area contributed by atoms with Gasteiger partial charge in [0.15, 0.2) is 0 Å². The topological polar surface area (TPSA) is 24.5 Å². The van der Waals surface area contributed by atoms with E-state index in [-0.39, 0.29) is 0 Å². The standard InChI is InChI=1S/C48H32N2.C46H32N2.C44H30N2/c1-2-14-39(15-3-1)49(40-24-20-34(21-25-40)38-19-18-33-10-4-5-13-37(33)32-38)41-26-28-42(29-27-41)50-45-30-22-35-11-6-8-16-43(35)47(45)48-44-17-9-7-12-36(44)23-31-46(48)50;1-2-10-33(11-3-1)35-20-24-39(25-21-35)47(40-26-22-36(23-27-40)38-19-18-34-12-4-5-13-37(34)32-38)41-28-30-42(31-29-41)48-45-16-8-6-14-43(45)44-15-7-9-17-46(44)48;1-2-13-36(14-3-1)45(37-23-20-32(21-24-37)35-19-18-31-10-4-5-12-34(31)30-35)38-25-27-39(28-26-38)46-42-17-9-8-16-41(42)44-40-15-7-6-11-33(40)22-29-43(44)46/h1-32H;1-32H;1-30H. The van der Waals surface area contributed by atoms with E-state index in [9.17, 15) is 0 Å². The van der Waals surface area contributed by atoms with E-state index in [0.717, 1.165) is 68.2 Å². The van der Waals surface area contributed by atoms with Crippen molar-refractivity contribution in [1.82, 2.24) is 13.7 Å². The van der Waals surface area contributed by atoms with Crippen LogP contribution in [0.25, 0.3) is 192 Å². The molecule has 0 N–H and O–H groups in total. The fourth-order valence-electron chi connectivity index (χ4n) is 21.7.